The molecule has 0 aromatic heterocycles. The van der Waals surface area contributed by atoms with Crippen LogP contribution in [0.15, 0.2) is 11.1 Å². The predicted octanol–water partition coefficient (Wildman–Crippen LogP) is 5.48. The minimum absolute atomic E-state index is 0.154. The Balaban J connectivity index is 1.96. The summed E-state index contributed by atoms with van der Waals surface area (Å²) in [5.74, 6) is 1.74. The summed E-state index contributed by atoms with van der Waals surface area (Å²) in [5, 5.41) is 9.76. The normalized spacial score (nSPS) is 44.4. The van der Waals surface area contributed by atoms with Crippen LogP contribution in [0.4, 0.5) is 0 Å². The van der Waals surface area contributed by atoms with Crippen molar-refractivity contribution in [3.05, 3.63) is 11.1 Å². The van der Waals surface area contributed by atoms with E-state index in [9.17, 15) is 5.11 Å². The van der Waals surface area contributed by atoms with Gasteiger partial charge >= 0.3 is 0 Å². The van der Waals surface area contributed by atoms with Crippen LogP contribution in [-0.4, -0.2) is 11.2 Å². The molecule has 3 rings (SSSR count). The largest absolute Gasteiger partial charge is 0.393 e. The summed E-state index contributed by atoms with van der Waals surface area (Å²) in [7, 11) is 0. The van der Waals surface area contributed by atoms with E-state index in [2.05, 4.69) is 20.8 Å². The number of hydrogen-bond acceptors (Lipinski definition) is 1. The third-order valence-electron chi connectivity index (χ3n) is 7.63. The molecular weight excluding hydrogens is 256 g/mol. The van der Waals surface area contributed by atoms with Gasteiger partial charge in [-0.05, 0) is 81.0 Å². The van der Waals surface area contributed by atoms with Gasteiger partial charge in [0.25, 0.3) is 0 Å². The lowest BCUT2D eigenvalue weighted by Crippen LogP contribution is -2.40. The summed E-state index contributed by atoms with van der Waals surface area (Å²) >= 11 is 0. The van der Waals surface area contributed by atoms with Crippen molar-refractivity contribution in [2.75, 3.05) is 0 Å². The molecule has 1 N–H and O–H groups in total. The van der Waals surface area contributed by atoms with Crippen molar-refractivity contribution in [3.8, 4) is 0 Å². The fourth-order valence-electron chi connectivity index (χ4n) is 5.86. The quantitative estimate of drug-likeness (QED) is 0.682. The summed E-state index contributed by atoms with van der Waals surface area (Å²) in [6.45, 7) is 9.48. The average Bonchev–Trinajstić information content (AvgIpc) is 2.82. The van der Waals surface area contributed by atoms with E-state index in [-0.39, 0.29) is 6.10 Å². The van der Waals surface area contributed by atoms with Crippen molar-refractivity contribution in [2.24, 2.45) is 22.7 Å². The molecule has 120 valence electrons. The van der Waals surface area contributed by atoms with Crippen molar-refractivity contribution in [2.45, 2.75) is 91.6 Å². The van der Waals surface area contributed by atoms with Crippen LogP contribution in [0.25, 0.3) is 0 Å². The zero-order valence-electron chi connectivity index (χ0n) is 14.5. The average molecular weight is 290 g/mol. The van der Waals surface area contributed by atoms with Gasteiger partial charge in [-0.25, -0.2) is 0 Å². The smallest absolute Gasteiger partial charge is 0.0512 e. The third kappa shape index (κ3) is 2.40. The van der Waals surface area contributed by atoms with E-state index in [4.69, 9.17) is 0 Å². The summed E-state index contributed by atoms with van der Waals surface area (Å²) in [6.07, 6.45) is 11.8. The van der Waals surface area contributed by atoms with Crippen LogP contribution >= 0.6 is 0 Å². The molecule has 0 heterocycles. The van der Waals surface area contributed by atoms with Gasteiger partial charge in [-0.15, -0.1) is 0 Å². The first-order valence-corrected chi connectivity index (χ1v) is 9.29. The van der Waals surface area contributed by atoms with Gasteiger partial charge in [-0.1, -0.05) is 38.3 Å². The van der Waals surface area contributed by atoms with Crippen LogP contribution in [0, 0.1) is 22.7 Å². The Morgan fingerprint density at radius 3 is 2.57 bits per heavy atom. The second kappa shape index (κ2) is 5.41. The second-order valence-electron chi connectivity index (χ2n) is 8.75. The Labute approximate surface area is 131 Å². The Hall–Kier alpha value is -0.300. The van der Waals surface area contributed by atoms with Gasteiger partial charge in [0.1, 0.15) is 0 Å². The summed E-state index contributed by atoms with van der Waals surface area (Å²) in [4.78, 5) is 0. The molecular formula is C20H34O. The molecule has 21 heavy (non-hydrogen) atoms. The molecule has 1 fully saturated rings. The highest BCUT2D eigenvalue weighted by atomic mass is 16.3. The van der Waals surface area contributed by atoms with Crippen molar-refractivity contribution >= 4 is 0 Å². The molecule has 1 heteroatoms. The maximum absolute atomic E-state index is 9.76. The SMILES string of the molecule is CC(O)CCC1(C)C2=C(CCC1C)C1(C)CCCC1CC2. The minimum Gasteiger partial charge on any atom is -0.393 e. The van der Waals surface area contributed by atoms with Gasteiger partial charge in [0.15, 0.2) is 0 Å². The highest BCUT2D eigenvalue weighted by molar-refractivity contribution is 5.34. The Bertz CT molecular complexity index is 435. The van der Waals surface area contributed by atoms with E-state index in [1.807, 2.05) is 18.1 Å². The topological polar surface area (TPSA) is 20.2 Å². The number of aliphatic hydroxyl groups is 1. The van der Waals surface area contributed by atoms with Crippen LogP contribution in [0.1, 0.15) is 85.5 Å². The van der Waals surface area contributed by atoms with Gasteiger partial charge in [0.05, 0.1) is 6.10 Å². The molecule has 3 aliphatic rings. The first kappa shape index (κ1) is 15.6. The molecule has 0 saturated heterocycles. The molecule has 0 spiro atoms. The fraction of sp³-hybridized carbons (Fsp3) is 0.900. The highest BCUT2D eigenvalue weighted by Gasteiger charge is 2.50. The summed E-state index contributed by atoms with van der Waals surface area (Å²) in [6, 6.07) is 0. The maximum Gasteiger partial charge on any atom is 0.0512 e. The summed E-state index contributed by atoms with van der Waals surface area (Å²) in [5.41, 5.74) is 4.56. The molecule has 0 aromatic carbocycles. The fourth-order valence-corrected chi connectivity index (χ4v) is 5.86. The molecule has 5 unspecified atom stereocenters. The molecule has 1 nitrogen and oxygen atoms in total. The molecule has 0 aliphatic heterocycles. The van der Waals surface area contributed by atoms with E-state index < -0.39 is 0 Å². The highest BCUT2D eigenvalue weighted by Crippen LogP contribution is 2.62. The zero-order chi connectivity index (χ0) is 15.3. The van der Waals surface area contributed by atoms with Gasteiger partial charge in [0.2, 0.25) is 0 Å². The molecule has 0 radical (unpaired) electrons. The van der Waals surface area contributed by atoms with Crippen LogP contribution in [-0.2, 0) is 0 Å². The molecule has 1 saturated carbocycles. The number of allylic oxidation sites excluding steroid dienone is 2. The first-order valence-electron chi connectivity index (χ1n) is 9.29. The van der Waals surface area contributed by atoms with Crippen LogP contribution in [0.5, 0.6) is 0 Å². The van der Waals surface area contributed by atoms with Gasteiger partial charge in [-0.2, -0.15) is 0 Å². The van der Waals surface area contributed by atoms with E-state index in [0.29, 0.717) is 10.8 Å². The van der Waals surface area contributed by atoms with Crippen LogP contribution < -0.4 is 0 Å². The minimum atomic E-state index is -0.154. The van der Waals surface area contributed by atoms with E-state index in [1.54, 1.807) is 0 Å². The summed E-state index contributed by atoms with van der Waals surface area (Å²) < 4.78 is 0. The zero-order valence-corrected chi connectivity index (χ0v) is 14.5. The number of hydrogen-bond donors (Lipinski definition) is 1. The standard InChI is InChI=1S/C20H34O/c1-14-7-9-18-17(19(14,3)13-11-15(2)21)10-8-16-6-5-12-20(16,18)4/h14-16,21H,5-13H2,1-4H3. The lowest BCUT2D eigenvalue weighted by Gasteiger charge is -2.52. The van der Waals surface area contributed by atoms with E-state index >= 15 is 0 Å². The molecule has 0 bridgehead atoms. The number of rotatable bonds is 3. The van der Waals surface area contributed by atoms with E-state index in [1.165, 1.54) is 51.4 Å². The number of fused-ring (bicyclic) bond motifs is 2. The molecule has 5 atom stereocenters. The second-order valence-corrected chi connectivity index (χ2v) is 8.75. The van der Waals surface area contributed by atoms with Crippen molar-refractivity contribution in [1.29, 1.82) is 0 Å². The van der Waals surface area contributed by atoms with Gasteiger partial charge < -0.3 is 5.11 Å². The van der Waals surface area contributed by atoms with Crippen LogP contribution in [0.3, 0.4) is 0 Å². The third-order valence-corrected chi connectivity index (χ3v) is 7.63. The van der Waals surface area contributed by atoms with Crippen molar-refractivity contribution in [3.63, 3.8) is 0 Å². The predicted molar refractivity (Wildman–Crippen MR) is 89.1 cm³/mol. The maximum atomic E-state index is 9.76. The van der Waals surface area contributed by atoms with E-state index in [0.717, 1.165) is 18.3 Å². The van der Waals surface area contributed by atoms with Crippen molar-refractivity contribution in [1.82, 2.24) is 0 Å². The Morgan fingerprint density at radius 2 is 1.86 bits per heavy atom. The monoisotopic (exact) mass is 290 g/mol. The number of aliphatic hydroxyl groups excluding tert-OH is 1. The lowest BCUT2D eigenvalue weighted by atomic mass is 9.53. The van der Waals surface area contributed by atoms with Gasteiger partial charge in [-0.3, -0.25) is 0 Å². The lowest BCUT2D eigenvalue weighted by molar-refractivity contribution is 0.112. The van der Waals surface area contributed by atoms with Crippen molar-refractivity contribution < 1.29 is 5.11 Å². The first-order chi connectivity index (χ1) is 9.88. The Morgan fingerprint density at radius 1 is 1.14 bits per heavy atom. The molecule has 0 amide bonds. The molecule has 0 aromatic rings. The van der Waals surface area contributed by atoms with Gasteiger partial charge in [0, 0.05) is 0 Å². The molecule has 3 aliphatic carbocycles. The van der Waals surface area contributed by atoms with Crippen LogP contribution in [0.2, 0.25) is 0 Å². The Kier molecular flexibility index (Phi) is 4.01.